The van der Waals surface area contributed by atoms with Gasteiger partial charge in [0, 0.05) is 42.1 Å². The zero-order chi connectivity index (χ0) is 20.1. The van der Waals surface area contributed by atoms with Gasteiger partial charge in [-0.25, -0.2) is 0 Å². The summed E-state index contributed by atoms with van der Waals surface area (Å²) in [5.41, 5.74) is 2.44. The molecule has 0 unspecified atom stereocenters. The van der Waals surface area contributed by atoms with Crippen LogP contribution in [0.1, 0.15) is 34.3 Å². The SMILES string of the molecule is Cc1cc(OCC(=O)N2CCC(NC(=O)c3ccncc3)CC2)cc(C)c1Cl. The number of benzene rings is 1. The molecule has 0 atom stereocenters. The molecule has 148 valence electrons. The molecular formula is C21H24ClN3O3. The number of halogens is 1. The molecule has 28 heavy (non-hydrogen) atoms. The summed E-state index contributed by atoms with van der Waals surface area (Å²) >= 11 is 6.16. The number of hydrogen-bond donors (Lipinski definition) is 1. The lowest BCUT2D eigenvalue weighted by atomic mass is 10.0. The third kappa shape index (κ3) is 5.01. The lowest BCUT2D eigenvalue weighted by molar-refractivity contribution is -0.134. The zero-order valence-corrected chi connectivity index (χ0v) is 16.8. The van der Waals surface area contributed by atoms with E-state index in [9.17, 15) is 9.59 Å². The molecule has 0 bridgehead atoms. The average Bonchev–Trinajstić information content (AvgIpc) is 2.71. The van der Waals surface area contributed by atoms with Crippen LogP contribution in [0, 0.1) is 13.8 Å². The molecule has 1 aromatic heterocycles. The first-order valence-electron chi connectivity index (χ1n) is 9.32. The molecule has 2 heterocycles. The number of aromatic nitrogens is 1. The molecule has 0 aliphatic carbocycles. The number of ether oxygens (including phenoxy) is 1. The number of piperidine rings is 1. The van der Waals surface area contributed by atoms with Crippen molar-refractivity contribution in [1.82, 2.24) is 15.2 Å². The number of pyridine rings is 1. The van der Waals surface area contributed by atoms with Crippen LogP contribution in [-0.4, -0.2) is 47.4 Å². The van der Waals surface area contributed by atoms with Crippen molar-refractivity contribution < 1.29 is 14.3 Å². The maximum atomic E-state index is 12.4. The van der Waals surface area contributed by atoms with E-state index in [2.05, 4.69) is 10.3 Å². The number of nitrogens with zero attached hydrogens (tertiary/aromatic N) is 2. The Labute approximate surface area is 169 Å². The smallest absolute Gasteiger partial charge is 0.260 e. The van der Waals surface area contributed by atoms with Gasteiger partial charge in [-0.15, -0.1) is 0 Å². The van der Waals surface area contributed by atoms with E-state index in [0.717, 1.165) is 29.0 Å². The molecule has 1 aromatic carbocycles. The maximum Gasteiger partial charge on any atom is 0.260 e. The second-order valence-corrected chi connectivity index (χ2v) is 7.40. The minimum absolute atomic E-state index is 0.00540. The number of likely N-dealkylation sites (tertiary alicyclic amines) is 1. The Morgan fingerprint density at radius 1 is 1.18 bits per heavy atom. The van der Waals surface area contributed by atoms with Crippen LogP contribution in [0.4, 0.5) is 0 Å². The van der Waals surface area contributed by atoms with E-state index in [4.69, 9.17) is 16.3 Å². The second-order valence-electron chi connectivity index (χ2n) is 7.02. The topological polar surface area (TPSA) is 71.5 Å². The fourth-order valence-electron chi connectivity index (χ4n) is 3.27. The summed E-state index contributed by atoms with van der Waals surface area (Å²) in [6.45, 7) is 5.02. The van der Waals surface area contributed by atoms with Crippen LogP contribution in [0.15, 0.2) is 36.7 Å². The van der Waals surface area contributed by atoms with Crippen molar-refractivity contribution in [2.24, 2.45) is 0 Å². The first-order chi connectivity index (χ1) is 13.4. The quantitative estimate of drug-likeness (QED) is 0.835. The minimum Gasteiger partial charge on any atom is -0.484 e. The largest absolute Gasteiger partial charge is 0.484 e. The van der Waals surface area contributed by atoms with Gasteiger partial charge in [0.15, 0.2) is 6.61 Å². The molecule has 0 radical (unpaired) electrons. The molecule has 1 fully saturated rings. The Bertz CT molecular complexity index is 826. The molecule has 0 spiro atoms. The minimum atomic E-state index is -0.107. The first kappa shape index (κ1) is 20.1. The lowest BCUT2D eigenvalue weighted by Gasteiger charge is -2.32. The molecule has 6 nitrogen and oxygen atoms in total. The number of nitrogens with one attached hydrogen (secondary N) is 1. The second kappa shape index (κ2) is 9.06. The molecule has 3 rings (SSSR count). The van der Waals surface area contributed by atoms with E-state index in [0.29, 0.717) is 24.4 Å². The molecule has 7 heteroatoms. The summed E-state index contributed by atoms with van der Waals surface area (Å²) in [7, 11) is 0. The molecule has 2 aromatic rings. The molecule has 1 saturated heterocycles. The van der Waals surface area contributed by atoms with E-state index in [1.807, 2.05) is 26.0 Å². The molecule has 2 amide bonds. The van der Waals surface area contributed by atoms with Crippen molar-refractivity contribution in [3.05, 3.63) is 58.4 Å². The van der Waals surface area contributed by atoms with Gasteiger partial charge in [-0.1, -0.05) is 11.6 Å². The number of carbonyl (C=O) groups is 2. The third-order valence-electron chi connectivity index (χ3n) is 4.90. The first-order valence-corrected chi connectivity index (χ1v) is 9.70. The zero-order valence-electron chi connectivity index (χ0n) is 16.1. The fourth-order valence-corrected chi connectivity index (χ4v) is 3.38. The molecule has 1 N–H and O–H groups in total. The van der Waals surface area contributed by atoms with Gasteiger partial charge in [0.2, 0.25) is 0 Å². The Balaban J connectivity index is 1.45. The predicted molar refractivity (Wildman–Crippen MR) is 108 cm³/mol. The van der Waals surface area contributed by atoms with Crippen LogP contribution in [-0.2, 0) is 4.79 Å². The van der Waals surface area contributed by atoms with Crippen molar-refractivity contribution >= 4 is 23.4 Å². The van der Waals surface area contributed by atoms with Gasteiger partial charge in [0.25, 0.3) is 11.8 Å². The summed E-state index contributed by atoms with van der Waals surface area (Å²) in [5, 5.41) is 3.74. The van der Waals surface area contributed by atoms with Gasteiger partial charge in [-0.05, 0) is 62.1 Å². The van der Waals surface area contributed by atoms with Gasteiger partial charge in [0.1, 0.15) is 5.75 Å². The Morgan fingerprint density at radius 3 is 2.39 bits per heavy atom. The summed E-state index contributed by atoms with van der Waals surface area (Å²) in [6, 6.07) is 7.11. The summed E-state index contributed by atoms with van der Waals surface area (Å²) in [5.74, 6) is 0.486. The highest BCUT2D eigenvalue weighted by molar-refractivity contribution is 6.32. The van der Waals surface area contributed by atoms with Crippen molar-refractivity contribution in [3.63, 3.8) is 0 Å². The van der Waals surface area contributed by atoms with E-state index in [-0.39, 0.29) is 24.5 Å². The van der Waals surface area contributed by atoms with E-state index < -0.39 is 0 Å². The maximum absolute atomic E-state index is 12.4. The normalized spacial score (nSPS) is 14.6. The van der Waals surface area contributed by atoms with Gasteiger partial charge in [0.05, 0.1) is 0 Å². The van der Waals surface area contributed by atoms with E-state index >= 15 is 0 Å². The average molecular weight is 402 g/mol. The highest BCUT2D eigenvalue weighted by Gasteiger charge is 2.24. The lowest BCUT2D eigenvalue weighted by Crippen LogP contribution is -2.47. The van der Waals surface area contributed by atoms with Crippen LogP contribution < -0.4 is 10.1 Å². The van der Waals surface area contributed by atoms with Crippen LogP contribution in [0.5, 0.6) is 5.75 Å². The van der Waals surface area contributed by atoms with E-state index in [1.54, 1.807) is 29.4 Å². The monoisotopic (exact) mass is 401 g/mol. The number of aryl methyl sites for hydroxylation is 2. The van der Waals surface area contributed by atoms with Gasteiger partial charge >= 0.3 is 0 Å². The van der Waals surface area contributed by atoms with Crippen LogP contribution >= 0.6 is 11.6 Å². The molecule has 0 saturated carbocycles. The fraction of sp³-hybridized carbons (Fsp3) is 0.381. The van der Waals surface area contributed by atoms with Crippen molar-refractivity contribution in [2.45, 2.75) is 32.7 Å². The molecule has 1 aliphatic heterocycles. The summed E-state index contributed by atoms with van der Waals surface area (Å²) in [4.78, 5) is 30.4. The van der Waals surface area contributed by atoms with Crippen LogP contribution in [0.2, 0.25) is 5.02 Å². The highest BCUT2D eigenvalue weighted by atomic mass is 35.5. The number of amides is 2. The molecule has 1 aliphatic rings. The molecular weight excluding hydrogens is 378 g/mol. The predicted octanol–water partition coefficient (Wildman–Crippen LogP) is 3.15. The number of hydrogen-bond acceptors (Lipinski definition) is 4. The van der Waals surface area contributed by atoms with Gasteiger partial charge < -0.3 is 15.0 Å². The highest BCUT2D eigenvalue weighted by Crippen LogP contribution is 2.26. The standard InChI is InChI=1S/C21H24ClN3O3/c1-14-11-18(12-15(2)20(14)22)28-13-19(26)25-9-5-17(6-10-25)24-21(27)16-3-7-23-8-4-16/h3-4,7-8,11-12,17H,5-6,9-10,13H2,1-2H3,(H,24,27). The van der Waals surface area contributed by atoms with Gasteiger partial charge in [-0.3, -0.25) is 14.6 Å². The van der Waals surface area contributed by atoms with Crippen LogP contribution in [0.25, 0.3) is 0 Å². The third-order valence-corrected chi connectivity index (χ3v) is 5.49. The Kier molecular flexibility index (Phi) is 6.52. The van der Waals surface area contributed by atoms with E-state index in [1.165, 1.54) is 0 Å². The van der Waals surface area contributed by atoms with Crippen molar-refractivity contribution in [3.8, 4) is 5.75 Å². The number of rotatable bonds is 5. The number of carbonyl (C=O) groups excluding carboxylic acids is 2. The van der Waals surface area contributed by atoms with Gasteiger partial charge in [-0.2, -0.15) is 0 Å². The Morgan fingerprint density at radius 2 is 1.79 bits per heavy atom. The Hall–Kier alpha value is -2.60. The summed E-state index contributed by atoms with van der Waals surface area (Å²) < 4.78 is 5.66. The summed E-state index contributed by atoms with van der Waals surface area (Å²) in [6.07, 6.45) is 4.64. The van der Waals surface area contributed by atoms with Crippen LogP contribution in [0.3, 0.4) is 0 Å². The van der Waals surface area contributed by atoms with Crippen molar-refractivity contribution in [1.29, 1.82) is 0 Å². The van der Waals surface area contributed by atoms with Crippen molar-refractivity contribution in [2.75, 3.05) is 19.7 Å².